The first-order chi connectivity index (χ1) is 16.9. The fourth-order valence-corrected chi connectivity index (χ4v) is 3.41. The Balaban J connectivity index is 1.34. The Morgan fingerprint density at radius 1 is 0.943 bits per heavy atom. The fourth-order valence-electron chi connectivity index (χ4n) is 2.69. The molecule has 0 unspecified atom stereocenters. The van der Waals surface area contributed by atoms with Crippen molar-refractivity contribution in [2.24, 2.45) is 5.10 Å². The van der Waals surface area contributed by atoms with Crippen LogP contribution in [-0.4, -0.2) is 31.3 Å². The average molecular weight is 580 g/mol. The molecule has 0 aliphatic heterocycles. The van der Waals surface area contributed by atoms with Gasteiger partial charge in [0.1, 0.15) is 17.2 Å². The van der Waals surface area contributed by atoms with Gasteiger partial charge in [-0.15, -0.1) is 0 Å². The summed E-state index contributed by atoms with van der Waals surface area (Å²) < 4.78 is 17.2. The lowest BCUT2D eigenvalue weighted by atomic mass is 10.2. The number of ether oxygens (including phenoxy) is 3. The molecule has 0 spiro atoms. The Kier molecular flexibility index (Phi) is 10.4. The monoisotopic (exact) mass is 578 g/mol. The molecule has 10 heteroatoms. The number of hydrogen-bond acceptors (Lipinski definition) is 6. The molecule has 0 aliphatic rings. The van der Waals surface area contributed by atoms with Gasteiger partial charge in [-0.3, -0.25) is 9.59 Å². The molecule has 0 atom stereocenters. The van der Waals surface area contributed by atoms with Crippen LogP contribution in [0.2, 0.25) is 10.0 Å². The highest BCUT2D eigenvalue weighted by Crippen LogP contribution is 2.27. The van der Waals surface area contributed by atoms with Gasteiger partial charge in [0.25, 0.3) is 5.91 Å². The number of carbonyl (C=O) groups is 2. The lowest BCUT2D eigenvalue weighted by molar-refractivity contribution is -0.134. The van der Waals surface area contributed by atoms with Crippen molar-refractivity contribution in [3.8, 4) is 17.2 Å². The minimum Gasteiger partial charge on any atom is -0.492 e. The van der Waals surface area contributed by atoms with E-state index < -0.39 is 5.91 Å². The van der Waals surface area contributed by atoms with Gasteiger partial charge in [0.2, 0.25) is 0 Å². The van der Waals surface area contributed by atoms with Crippen LogP contribution in [0.4, 0.5) is 0 Å². The molecule has 0 saturated heterocycles. The van der Waals surface area contributed by atoms with Crippen LogP contribution in [0.15, 0.2) is 76.3 Å². The largest absolute Gasteiger partial charge is 0.492 e. The van der Waals surface area contributed by atoms with Crippen molar-refractivity contribution in [1.82, 2.24) is 5.43 Å². The highest BCUT2D eigenvalue weighted by molar-refractivity contribution is 9.10. The highest BCUT2D eigenvalue weighted by atomic mass is 79.9. The van der Waals surface area contributed by atoms with Crippen LogP contribution in [-0.2, 0) is 9.59 Å². The van der Waals surface area contributed by atoms with Crippen molar-refractivity contribution >= 4 is 57.2 Å². The molecule has 0 saturated carbocycles. The summed E-state index contributed by atoms with van der Waals surface area (Å²) in [6.07, 6.45) is 2.12. The van der Waals surface area contributed by atoms with E-state index in [1.54, 1.807) is 54.6 Å². The zero-order valence-corrected chi connectivity index (χ0v) is 21.5. The number of benzene rings is 3. The van der Waals surface area contributed by atoms with E-state index in [4.69, 9.17) is 37.4 Å². The molecule has 0 heterocycles. The zero-order chi connectivity index (χ0) is 25.0. The maximum atomic E-state index is 12.0. The van der Waals surface area contributed by atoms with Gasteiger partial charge in [-0.25, -0.2) is 5.43 Å². The van der Waals surface area contributed by atoms with Gasteiger partial charge in [0, 0.05) is 15.9 Å². The molecule has 0 aromatic heterocycles. The molecular weight excluding hydrogens is 559 g/mol. The number of hydrogen-bond donors (Lipinski definition) is 1. The van der Waals surface area contributed by atoms with Crippen LogP contribution < -0.4 is 19.6 Å². The van der Waals surface area contributed by atoms with E-state index in [1.165, 1.54) is 6.21 Å². The molecule has 0 bridgehead atoms. The van der Waals surface area contributed by atoms with E-state index in [0.717, 1.165) is 4.47 Å². The maximum absolute atomic E-state index is 12.0. The second-order valence-corrected chi connectivity index (χ2v) is 8.86. The first kappa shape index (κ1) is 26.5. The third-order valence-electron chi connectivity index (χ3n) is 4.37. The number of carbonyl (C=O) groups excluding carboxylic acids is 2. The predicted molar refractivity (Wildman–Crippen MR) is 139 cm³/mol. The Labute approximate surface area is 221 Å². The van der Waals surface area contributed by atoms with Crippen molar-refractivity contribution in [3.63, 3.8) is 0 Å². The molecule has 7 nitrogen and oxygen atoms in total. The van der Waals surface area contributed by atoms with Crippen LogP contribution in [0.1, 0.15) is 18.4 Å². The first-order valence-electron chi connectivity index (χ1n) is 10.5. The minimum absolute atomic E-state index is 0.161. The minimum atomic E-state index is -0.392. The molecule has 1 N–H and O–H groups in total. The van der Waals surface area contributed by atoms with Crippen LogP contribution in [0.25, 0.3) is 0 Å². The molecule has 0 aliphatic carbocycles. The summed E-state index contributed by atoms with van der Waals surface area (Å²) in [6, 6.07) is 18.8. The second-order valence-electron chi connectivity index (χ2n) is 7.11. The average Bonchev–Trinajstić information content (AvgIpc) is 2.84. The lowest BCUT2D eigenvalue weighted by Crippen LogP contribution is -2.24. The zero-order valence-electron chi connectivity index (χ0n) is 18.4. The van der Waals surface area contributed by atoms with Crippen molar-refractivity contribution in [2.75, 3.05) is 13.2 Å². The summed E-state index contributed by atoms with van der Waals surface area (Å²) >= 11 is 15.2. The van der Waals surface area contributed by atoms with Gasteiger partial charge in [0.15, 0.2) is 6.61 Å². The van der Waals surface area contributed by atoms with Crippen molar-refractivity contribution in [2.45, 2.75) is 12.8 Å². The highest BCUT2D eigenvalue weighted by Gasteiger charge is 2.07. The van der Waals surface area contributed by atoms with E-state index in [9.17, 15) is 9.59 Å². The second kappa shape index (κ2) is 13.7. The number of nitrogens with zero attached hydrogens (tertiary/aromatic N) is 1. The molecule has 35 heavy (non-hydrogen) atoms. The predicted octanol–water partition coefficient (Wildman–Crippen LogP) is 6.05. The quantitative estimate of drug-likeness (QED) is 0.0982. The molecule has 3 aromatic carbocycles. The fraction of sp³-hybridized carbons (Fsp3) is 0.160. The number of nitrogens with one attached hydrogen (secondary N) is 1. The van der Waals surface area contributed by atoms with E-state index in [2.05, 4.69) is 26.5 Å². The summed E-state index contributed by atoms with van der Waals surface area (Å²) in [5.74, 6) is 0.721. The van der Waals surface area contributed by atoms with Gasteiger partial charge in [-0.05, 0) is 78.7 Å². The van der Waals surface area contributed by atoms with E-state index in [0.29, 0.717) is 45.9 Å². The van der Waals surface area contributed by atoms with Gasteiger partial charge in [-0.2, -0.15) is 5.10 Å². The molecule has 1 amide bonds. The van der Waals surface area contributed by atoms with Crippen LogP contribution >= 0.6 is 39.1 Å². The normalized spacial score (nSPS) is 10.7. The molecule has 3 aromatic rings. The van der Waals surface area contributed by atoms with Crippen molar-refractivity contribution in [3.05, 3.63) is 86.8 Å². The number of esters is 1. The van der Waals surface area contributed by atoms with E-state index >= 15 is 0 Å². The molecule has 182 valence electrons. The lowest BCUT2D eigenvalue weighted by Gasteiger charge is -2.08. The third kappa shape index (κ3) is 9.60. The maximum Gasteiger partial charge on any atom is 0.311 e. The Morgan fingerprint density at radius 2 is 1.66 bits per heavy atom. The van der Waals surface area contributed by atoms with Gasteiger partial charge >= 0.3 is 5.97 Å². The summed E-state index contributed by atoms with van der Waals surface area (Å²) in [4.78, 5) is 23.9. The van der Waals surface area contributed by atoms with Crippen molar-refractivity contribution < 1.29 is 23.8 Å². The standard InChI is InChI=1S/C25H21BrCl2N2O5/c26-18-5-10-20(11-6-18)34-16-24(31)30-29-15-17-3-8-21(9-4-17)35-25(32)2-1-13-33-23-12-7-19(27)14-22(23)28/h3-12,14-15H,1-2,13,16H2,(H,30,31)/b29-15-. The molecule has 0 radical (unpaired) electrons. The van der Waals surface area contributed by atoms with Crippen LogP contribution in [0.5, 0.6) is 17.2 Å². The van der Waals surface area contributed by atoms with Gasteiger partial charge in [0.05, 0.1) is 17.8 Å². The Morgan fingerprint density at radius 3 is 2.37 bits per heavy atom. The van der Waals surface area contributed by atoms with E-state index in [1.807, 2.05) is 12.1 Å². The molecular formula is C25H21BrCl2N2O5. The molecule has 0 fully saturated rings. The topological polar surface area (TPSA) is 86.2 Å². The summed E-state index contributed by atoms with van der Waals surface area (Å²) in [5.41, 5.74) is 3.11. The number of halogens is 3. The summed E-state index contributed by atoms with van der Waals surface area (Å²) in [6.45, 7) is 0.150. The summed E-state index contributed by atoms with van der Waals surface area (Å²) in [7, 11) is 0. The van der Waals surface area contributed by atoms with Crippen LogP contribution in [0.3, 0.4) is 0 Å². The smallest absolute Gasteiger partial charge is 0.311 e. The third-order valence-corrected chi connectivity index (χ3v) is 5.43. The number of amides is 1. The first-order valence-corrected chi connectivity index (χ1v) is 12.0. The SMILES string of the molecule is O=C(COc1ccc(Br)cc1)N/N=C\c1ccc(OC(=O)CCCOc2ccc(Cl)cc2Cl)cc1. The van der Waals surface area contributed by atoms with Crippen molar-refractivity contribution in [1.29, 1.82) is 0 Å². The number of hydrazone groups is 1. The number of rotatable bonds is 11. The van der Waals surface area contributed by atoms with E-state index in [-0.39, 0.29) is 19.0 Å². The van der Waals surface area contributed by atoms with Crippen LogP contribution in [0, 0.1) is 0 Å². The Hall–Kier alpha value is -3.07. The Bertz CT molecular complexity index is 1170. The van der Waals surface area contributed by atoms with Gasteiger partial charge < -0.3 is 14.2 Å². The summed E-state index contributed by atoms with van der Waals surface area (Å²) in [5, 5.41) is 4.83. The van der Waals surface area contributed by atoms with Gasteiger partial charge in [-0.1, -0.05) is 39.1 Å². The molecule has 3 rings (SSSR count).